The van der Waals surface area contributed by atoms with Crippen LogP contribution in [0.15, 0.2) is 34.3 Å². The third-order valence-corrected chi connectivity index (χ3v) is 5.00. The van der Waals surface area contributed by atoms with Crippen molar-refractivity contribution in [3.63, 3.8) is 0 Å². The van der Waals surface area contributed by atoms with E-state index in [-0.39, 0.29) is 5.54 Å². The highest BCUT2D eigenvalue weighted by molar-refractivity contribution is 7.80. The SMILES string of the molecule is CC1=CC[C@H](C(C)(C)NC(=S)N/N=C/c2cccs2)CC1. The van der Waals surface area contributed by atoms with Crippen LogP contribution in [0, 0.1) is 5.92 Å². The molecule has 0 unspecified atom stereocenters. The fourth-order valence-electron chi connectivity index (χ4n) is 2.56. The van der Waals surface area contributed by atoms with E-state index in [4.69, 9.17) is 12.2 Å². The lowest BCUT2D eigenvalue weighted by Crippen LogP contribution is -2.52. The molecular weight excluding hydrogens is 298 g/mol. The van der Waals surface area contributed by atoms with E-state index in [1.54, 1.807) is 17.6 Å². The Morgan fingerprint density at radius 2 is 2.33 bits per heavy atom. The number of rotatable bonds is 4. The van der Waals surface area contributed by atoms with E-state index < -0.39 is 0 Å². The Morgan fingerprint density at radius 3 is 2.95 bits per heavy atom. The van der Waals surface area contributed by atoms with Crippen molar-refractivity contribution in [2.45, 2.75) is 45.6 Å². The Morgan fingerprint density at radius 1 is 1.52 bits per heavy atom. The van der Waals surface area contributed by atoms with Crippen LogP contribution in [0.2, 0.25) is 0 Å². The van der Waals surface area contributed by atoms with Gasteiger partial charge in [-0.2, -0.15) is 5.10 Å². The average molecular weight is 322 g/mol. The number of nitrogens with one attached hydrogen (secondary N) is 2. The summed E-state index contributed by atoms with van der Waals surface area (Å²) in [5.74, 6) is 0.599. The molecule has 1 heterocycles. The number of thiocarbonyl (C=S) groups is 1. The average Bonchev–Trinajstić information content (AvgIpc) is 2.92. The normalized spacial score (nSPS) is 19.4. The van der Waals surface area contributed by atoms with Gasteiger partial charge in [0.05, 0.1) is 6.21 Å². The fraction of sp³-hybridized carbons (Fsp3) is 0.500. The lowest BCUT2D eigenvalue weighted by molar-refractivity contribution is 0.265. The molecule has 0 radical (unpaired) electrons. The minimum atomic E-state index is -0.0280. The van der Waals surface area contributed by atoms with Crippen molar-refractivity contribution in [1.29, 1.82) is 0 Å². The molecule has 0 saturated carbocycles. The summed E-state index contributed by atoms with van der Waals surface area (Å²) in [4.78, 5) is 1.11. The topological polar surface area (TPSA) is 36.4 Å². The molecule has 3 nitrogen and oxygen atoms in total. The molecule has 1 aromatic heterocycles. The fourth-order valence-corrected chi connectivity index (χ4v) is 3.46. The van der Waals surface area contributed by atoms with Crippen molar-refractivity contribution in [2.24, 2.45) is 11.0 Å². The quantitative estimate of drug-likeness (QED) is 0.380. The molecule has 2 N–H and O–H groups in total. The Hall–Kier alpha value is -1.20. The third-order valence-electron chi connectivity index (χ3n) is 4.00. The van der Waals surface area contributed by atoms with Crippen LogP contribution < -0.4 is 10.7 Å². The van der Waals surface area contributed by atoms with Crippen molar-refractivity contribution in [2.75, 3.05) is 0 Å². The molecule has 0 bridgehead atoms. The molecule has 5 heteroatoms. The maximum atomic E-state index is 5.34. The van der Waals surface area contributed by atoms with E-state index in [1.165, 1.54) is 18.4 Å². The molecule has 1 aromatic rings. The van der Waals surface area contributed by atoms with Crippen LogP contribution in [0.1, 0.15) is 44.9 Å². The van der Waals surface area contributed by atoms with Crippen LogP contribution >= 0.6 is 23.6 Å². The Labute approximate surface area is 136 Å². The third kappa shape index (κ3) is 4.93. The van der Waals surface area contributed by atoms with Crippen LogP contribution in [-0.2, 0) is 0 Å². The van der Waals surface area contributed by atoms with Crippen molar-refractivity contribution in [3.05, 3.63) is 34.0 Å². The molecule has 114 valence electrons. The molecule has 21 heavy (non-hydrogen) atoms. The van der Waals surface area contributed by atoms with Gasteiger partial charge in [-0.25, -0.2) is 0 Å². The molecule has 1 aliphatic carbocycles. The lowest BCUT2D eigenvalue weighted by atomic mass is 9.77. The molecule has 0 amide bonds. The smallest absolute Gasteiger partial charge is 0.187 e. The number of hydrogen-bond donors (Lipinski definition) is 2. The zero-order chi connectivity index (χ0) is 15.3. The van der Waals surface area contributed by atoms with Crippen molar-refractivity contribution in [3.8, 4) is 0 Å². The Balaban J connectivity index is 1.83. The van der Waals surface area contributed by atoms with Gasteiger partial charge >= 0.3 is 0 Å². The van der Waals surface area contributed by atoms with Crippen LogP contribution in [0.3, 0.4) is 0 Å². The second-order valence-electron chi connectivity index (χ2n) is 6.08. The number of hydrogen-bond acceptors (Lipinski definition) is 3. The van der Waals surface area contributed by atoms with Crippen molar-refractivity contribution >= 4 is 34.9 Å². The van der Waals surface area contributed by atoms with E-state index in [1.807, 2.05) is 17.5 Å². The monoisotopic (exact) mass is 321 g/mol. The van der Waals surface area contributed by atoms with E-state index in [0.29, 0.717) is 11.0 Å². The molecule has 1 aliphatic rings. The van der Waals surface area contributed by atoms with E-state index in [0.717, 1.165) is 11.3 Å². The molecule has 0 fully saturated rings. The Kier molecular flexibility index (Phi) is 5.53. The lowest BCUT2D eigenvalue weighted by Gasteiger charge is -2.37. The predicted molar refractivity (Wildman–Crippen MR) is 96.0 cm³/mol. The van der Waals surface area contributed by atoms with Gasteiger partial charge in [-0.3, -0.25) is 5.43 Å². The minimum Gasteiger partial charge on any atom is -0.356 e. The van der Waals surface area contributed by atoms with Gasteiger partial charge in [-0.05, 0) is 69.6 Å². The second kappa shape index (κ2) is 7.18. The largest absolute Gasteiger partial charge is 0.356 e. The minimum absolute atomic E-state index is 0.0280. The predicted octanol–water partition coefficient (Wildman–Crippen LogP) is 4.07. The van der Waals surface area contributed by atoms with E-state index >= 15 is 0 Å². The summed E-state index contributed by atoms with van der Waals surface area (Å²) < 4.78 is 0. The summed E-state index contributed by atoms with van der Waals surface area (Å²) in [5.41, 5.74) is 4.38. The van der Waals surface area contributed by atoms with Gasteiger partial charge in [0.15, 0.2) is 5.11 Å². The van der Waals surface area contributed by atoms with Gasteiger partial charge in [0.2, 0.25) is 0 Å². The highest BCUT2D eigenvalue weighted by Gasteiger charge is 2.30. The van der Waals surface area contributed by atoms with Gasteiger partial charge in [-0.15, -0.1) is 11.3 Å². The molecule has 0 spiro atoms. The first kappa shape index (κ1) is 16.2. The summed E-state index contributed by atoms with van der Waals surface area (Å²) in [5, 5.41) is 10.2. The standard InChI is InChI=1S/C16H23N3S2/c1-12-6-8-13(9-7-12)16(2,3)18-15(20)19-17-11-14-5-4-10-21-14/h4-6,10-11,13H,7-9H2,1-3H3,(H2,18,19,20)/b17-11+/t13-/m0/s1. The number of allylic oxidation sites excluding steroid dienone is 2. The maximum absolute atomic E-state index is 5.34. The highest BCUT2D eigenvalue weighted by atomic mass is 32.1. The summed E-state index contributed by atoms with van der Waals surface area (Å²) in [7, 11) is 0. The van der Waals surface area contributed by atoms with Gasteiger partial charge < -0.3 is 5.32 Å². The summed E-state index contributed by atoms with van der Waals surface area (Å²) in [6.07, 6.45) is 7.66. The number of nitrogens with zero attached hydrogens (tertiary/aromatic N) is 1. The van der Waals surface area contributed by atoms with Crippen LogP contribution in [0.25, 0.3) is 0 Å². The molecule has 0 aliphatic heterocycles. The molecule has 0 aromatic carbocycles. The molecular formula is C16H23N3S2. The first-order valence-electron chi connectivity index (χ1n) is 7.28. The van der Waals surface area contributed by atoms with Gasteiger partial charge in [0.25, 0.3) is 0 Å². The second-order valence-corrected chi connectivity index (χ2v) is 7.47. The number of thiophene rings is 1. The molecule has 0 saturated heterocycles. The number of hydrazone groups is 1. The summed E-state index contributed by atoms with van der Waals surface area (Å²) in [6.45, 7) is 6.63. The summed E-state index contributed by atoms with van der Waals surface area (Å²) in [6, 6.07) is 4.03. The van der Waals surface area contributed by atoms with Crippen LogP contribution in [-0.4, -0.2) is 16.9 Å². The van der Waals surface area contributed by atoms with Crippen LogP contribution in [0.4, 0.5) is 0 Å². The van der Waals surface area contributed by atoms with E-state index in [9.17, 15) is 0 Å². The van der Waals surface area contributed by atoms with Crippen molar-refractivity contribution < 1.29 is 0 Å². The zero-order valence-corrected chi connectivity index (χ0v) is 14.5. The Bertz CT molecular complexity index is 530. The van der Waals surface area contributed by atoms with Gasteiger partial charge in [0, 0.05) is 10.4 Å². The summed E-state index contributed by atoms with van der Waals surface area (Å²) >= 11 is 6.99. The van der Waals surface area contributed by atoms with Crippen LogP contribution in [0.5, 0.6) is 0 Å². The first-order valence-corrected chi connectivity index (χ1v) is 8.56. The van der Waals surface area contributed by atoms with Crippen molar-refractivity contribution in [1.82, 2.24) is 10.7 Å². The molecule has 1 atom stereocenters. The van der Waals surface area contributed by atoms with Gasteiger partial charge in [0.1, 0.15) is 0 Å². The maximum Gasteiger partial charge on any atom is 0.187 e. The zero-order valence-electron chi connectivity index (χ0n) is 12.8. The first-order chi connectivity index (χ1) is 9.97. The highest BCUT2D eigenvalue weighted by Crippen LogP contribution is 2.31. The molecule has 2 rings (SSSR count). The van der Waals surface area contributed by atoms with Gasteiger partial charge in [-0.1, -0.05) is 17.7 Å². The van der Waals surface area contributed by atoms with E-state index in [2.05, 4.69) is 42.7 Å².